The zero-order valence-electron chi connectivity index (χ0n) is 23.4. The van der Waals surface area contributed by atoms with Crippen LogP contribution in [0, 0.1) is 19.8 Å². The Balaban J connectivity index is 1.49. The van der Waals surface area contributed by atoms with E-state index in [1.54, 1.807) is 0 Å². The second-order valence-corrected chi connectivity index (χ2v) is 11.0. The van der Waals surface area contributed by atoms with Crippen molar-refractivity contribution in [2.45, 2.75) is 59.4 Å². The van der Waals surface area contributed by atoms with Gasteiger partial charge in [0.25, 0.3) is 0 Å². The van der Waals surface area contributed by atoms with Gasteiger partial charge in [-0.15, -0.1) is 0 Å². The van der Waals surface area contributed by atoms with Crippen LogP contribution in [-0.2, 0) is 4.74 Å². The van der Waals surface area contributed by atoms with Crippen LogP contribution in [0.3, 0.4) is 0 Å². The van der Waals surface area contributed by atoms with E-state index in [4.69, 9.17) is 9.73 Å². The molecular formula is C35H37N3O. The largest absolute Gasteiger partial charge is 0.475 e. The van der Waals surface area contributed by atoms with Crippen molar-refractivity contribution < 1.29 is 4.74 Å². The van der Waals surface area contributed by atoms with E-state index in [0.29, 0.717) is 12.5 Å². The van der Waals surface area contributed by atoms with E-state index in [2.05, 4.69) is 104 Å². The average Bonchev–Trinajstić information content (AvgIpc) is 3.56. The summed E-state index contributed by atoms with van der Waals surface area (Å²) in [5.41, 5.74) is 9.06. The van der Waals surface area contributed by atoms with Gasteiger partial charge in [-0.25, -0.2) is 4.99 Å². The molecule has 0 aliphatic carbocycles. The van der Waals surface area contributed by atoms with Crippen molar-refractivity contribution >= 4 is 27.7 Å². The number of pyridine rings is 1. The molecule has 3 aromatic carbocycles. The van der Waals surface area contributed by atoms with Gasteiger partial charge in [-0.3, -0.25) is 4.98 Å². The third kappa shape index (κ3) is 4.85. The fraction of sp³-hybridized carbons (Fsp3) is 0.314. The van der Waals surface area contributed by atoms with E-state index < -0.39 is 0 Å². The van der Waals surface area contributed by atoms with E-state index in [1.807, 2.05) is 12.3 Å². The summed E-state index contributed by atoms with van der Waals surface area (Å²) in [4.78, 5) is 9.78. The van der Waals surface area contributed by atoms with Crippen molar-refractivity contribution in [3.05, 3.63) is 95.7 Å². The predicted octanol–water partition coefficient (Wildman–Crippen LogP) is 8.82. The molecule has 39 heavy (non-hydrogen) atoms. The van der Waals surface area contributed by atoms with Crippen LogP contribution in [0.4, 0.5) is 0 Å². The SMILES string of the molecule is CCCC(CCC)[C@@H]1COC(c2cc(C)cc(-n3c4ccccc4c4ccc(-c5cc(C)ccn5)cc43)c2)=N1. The van der Waals surface area contributed by atoms with Crippen molar-refractivity contribution in [3.63, 3.8) is 0 Å². The smallest absolute Gasteiger partial charge is 0.216 e. The number of hydrogen-bond acceptors (Lipinski definition) is 3. The topological polar surface area (TPSA) is 39.4 Å². The van der Waals surface area contributed by atoms with Crippen LogP contribution < -0.4 is 0 Å². The number of ether oxygens (including phenoxy) is 1. The molecule has 0 fully saturated rings. The second kappa shape index (κ2) is 10.7. The molecule has 0 unspecified atom stereocenters. The lowest BCUT2D eigenvalue weighted by Crippen LogP contribution is -2.19. The highest BCUT2D eigenvalue weighted by molar-refractivity contribution is 6.10. The number of aliphatic imine (C=N–C) groups is 1. The maximum absolute atomic E-state index is 6.25. The molecule has 198 valence electrons. The number of fused-ring (bicyclic) bond motifs is 3. The summed E-state index contributed by atoms with van der Waals surface area (Å²) in [6.45, 7) is 9.49. The third-order valence-electron chi connectivity index (χ3n) is 7.99. The lowest BCUT2D eigenvalue weighted by molar-refractivity contribution is 0.261. The first-order chi connectivity index (χ1) is 19.1. The van der Waals surface area contributed by atoms with E-state index in [-0.39, 0.29) is 6.04 Å². The predicted molar refractivity (Wildman–Crippen MR) is 163 cm³/mol. The zero-order chi connectivity index (χ0) is 26.9. The maximum Gasteiger partial charge on any atom is 0.216 e. The maximum atomic E-state index is 6.25. The minimum Gasteiger partial charge on any atom is -0.475 e. The molecule has 3 heterocycles. The van der Waals surface area contributed by atoms with Gasteiger partial charge in [-0.1, -0.05) is 57.0 Å². The second-order valence-electron chi connectivity index (χ2n) is 11.0. The van der Waals surface area contributed by atoms with Gasteiger partial charge >= 0.3 is 0 Å². The summed E-state index contributed by atoms with van der Waals surface area (Å²) in [5.74, 6) is 1.38. The molecule has 0 amide bonds. The zero-order valence-corrected chi connectivity index (χ0v) is 23.4. The summed E-state index contributed by atoms with van der Waals surface area (Å²) >= 11 is 0. The van der Waals surface area contributed by atoms with E-state index in [0.717, 1.165) is 28.4 Å². The number of aromatic nitrogens is 2. The number of benzene rings is 3. The molecule has 1 atom stereocenters. The summed E-state index contributed by atoms with van der Waals surface area (Å²) in [7, 11) is 0. The van der Waals surface area contributed by atoms with Gasteiger partial charge < -0.3 is 9.30 Å². The van der Waals surface area contributed by atoms with Crippen LogP contribution in [0.15, 0.2) is 84.0 Å². The Labute approximate surface area is 231 Å². The fourth-order valence-corrected chi connectivity index (χ4v) is 6.18. The minimum atomic E-state index is 0.251. The Kier molecular flexibility index (Phi) is 6.95. The van der Waals surface area contributed by atoms with Crippen LogP contribution in [0.2, 0.25) is 0 Å². The van der Waals surface area contributed by atoms with Crippen molar-refractivity contribution in [1.29, 1.82) is 0 Å². The van der Waals surface area contributed by atoms with Crippen LogP contribution in [0.25, 0.3) is 38.8 Å². The van der Waals surface area contributed by atoms with Crippen molar-refractivity contribution in [3.8, 4) is 16.9 Å². The Morgan fingerprint density at radius 1 is 0.821 bits per heavy atom. The van der Waals surface area contributed by atoms with Gasteiger partial charge in [0, 0.05) is 33.8 Å². The van der Waals surface area contributed by atoms with Crippen molar-refractivity contribution in [2.24, 2.45) is 10.9 Å². The Morgan fingerprint density at radius 3 is 2.41 bits per heavy atom. The molecule has 0 spiro atoms. The standard InChI is InChI=1S/C35H37N3O/c1-5-9-25(10-6-2)32-22-39-35(37-32)27-17-24(4)18-28(20-27)38-33-12-8-7-11-29(33)30-14-13-26(21-34(30)38)31-19-23(3)15-16-36-31/h7-8,11-21,25,32H,5-6,9-10,22H2,1-4H3/t32-/m0/s1. The number of hydrogen-bond donors (Lipinski definition) is 0. The summed E-state index contributed by atoms with van der Waals surface area (Å²) in [5, 5.41) is 2.48. The first kappa shape index (κ1) is 25.4. The van der Waals surface area contributed by atoms with Crippen LogP contribution in [0.1, 0.15) is 56.2 Å². The Bertz CT molecular complexity index is 1670. The lowest BCUT2D eigenvalue weighted by atomic mass is 9.91. The van der Waals surface area contributed by atoms with E-state index in [9.17, 15) is 0 Å². The molecule has 2 aromatic heterocycles. The summed E-state index contributed by atoms with van der Waals surface area (Å²) < 4.78 is 8.63. The number of rotatable bonds is 8. The average molecular weight is 516 g/mol. The molecule has 4 heteroatoms. The number of nitrogens with zero attached hydrogens (tertiary/aromatic N) is 3. The normalized spacial score (nSPS) is 15.3. The van der Waals surface area contributed by atoms with E-state index >= 15 is 0 Å². The summed E-state index contributed by atoms with van der Waals surface area (Å²) in [6.07, 6.45) is 6.68. The van der Waals surface area contributed by atoms with Gasteiger partial charge in [0.1, 0.15) is 6.61 Å². The highest BCUT2D eigenvalue weighted by Crippen LogP contribution is 2.35. The van der Waals surface area contributed by atoms with Crippen LogP contribution in [-0.4, -0.2) is 28.1 Å². The van der Waals surface area contributed by atoms with Gasteiger partial charge in [-0.2, -0.15) is 0 Å². The molecular weight excluding hydrogens is 478 g/mol. The Hall–Kier alpha value is -3.92. The summed E-state index contributed by atoms with van der Waals surface area (Å²) in [6, 6.07) is 26.5. The third-order valence-corrected chi connectivity index (χ3v) is 7.99. The van der Waals surface area contributed by atoms with Crippen molar-refractivity contribution in [2.75, 3.05) is 6.61 Å². The highest BCUT2D eigenvalue weighted by Gasteiger charge is 2.27. The van der Waals surface area contributed by atoms with Crippen molar-refractivity contribution in [1.82, 2.24) is 9.55 Å². The molecule has 1 aliphatic heterocycles. The number of para-hydroxylation sites is 1. The molecule has 0 saturated carbocycles. The minimum absolute atomic E-state index is 0.251. The molecule has 5 aromatic rings. The first-order valence-electron chi connectivity index (χ1n) is 14.3. The quantitative estimate of drug-likeness (QED) is 0.207. The van der Waals surface area contributed by atoms with Gasteiger partial charge in [0.2, 0.25) is 5.90 Å². The molecule has 0 radical (unpaired) electrons. The fourth-order valence-electron chi connectivity index (χ4n) is 6.18. The Morgan fingerprint density at radius 2 is 1.62 bits per heavy atom. The molecule has 6 rings (SSSR count). The van der Waals surface area contributed by atoms with Crippen LogP contribution >= 0.6 is 0 Å². The van der Waals surface area contributed by atoms with Crippen LogP contribution in [0.5, 0.6) is 0 Å². The molecule has 0 N–H and O–H groups in total. The molecule has 1 aliphatic rings. The molecule has 4 nitrogen and oxygen atoms in total. The monoisotopic (exact) mass is 515 g/mol. The van der Waals surface area contributed by atoms with Gasteiger partial charge in [0.05, 0.1) is 22.8 Å². The molecule has 0 bridgehead atoms. The first-order valence-corrected chi connectivity index (χ1v) is 14.3. The molecule has 0 saturated heterocycles. The van der Waals surface area contributed by atoms with E-state index in [1.165, 1.54) is 58.6 Å². The highest BCUT2D eigenvalue weighted by atomic mass is 16.5. The van der Waals surface area contributed by atoms with Gasteiger partial charge in [0.15, 0.2) is 0 Å². The number of aryl methyl sites for hydroxylation is 2. The lowest BCUT2D eigenvalue weighted by Gasteiger charge is -2.18. The van der Waals surface area contributed by atoms with Gasteiger partial charge in [-0.05, 0) is 86.2 Å².